The van der Waals surface area contributed by atoms with Gasteiger partial charge in [0, 0.05) is 38.3 Å². The first kappa shape index (κ1) is 17.5. The average Bonchev–Trinajstić information content (AvgIpc) is 3.24. The van der Waals surface area contributed by atoms with E-state index in [-0.39, 0.29) is 5.91 Å². The number of carbonyl (C=O) groups excluding carboxylic acids is 1. The van der Waals surface area contributed by atoms with Gasteiger partial charge in [0.1, 0.15) is 0 Å². The third kappa shape index (κ3) is 3.93. The molecular weight excluding hydrogens is 340 g/mol. The molecule has 1 aromatic carbocycles. The Morgan fingerprint density at radius 3 is 2.78 bits per heavy atom. The zero-order valence-electron chi connectivity index (χ0n) is 15.7. The van der Waals surface area contributed by atoms with E-state index < -0.39 is 0 Å². The van der Waals surface area contributed by atoms with Crippen molar-refractivity contribution in [2.24, 2.45) is 0 Å². The lowest BCUT2D eigenvalue weighted by Crippen LogP contribution is -2.33. The smallest absolute Gasteiger partial charge is 0.217 e. The molecule has 1 aliphatic rings. The van der Waals surface area contributed by atoms with Crippen LogP contribution >= 0.6 is 0 Å². The Hall–Kier alpha value is -2.93. The van der Waals surface area contributed by atoms with E-state index >= 15 is 0 Å². The van der Waals surface area contributed by atoms with Crippen molar-refractivity contribution in [3.63, 3.8) is 0 Å². The fourth-order valence-electron chi connectivity index (χ4n) is 3.42. The Balaban J connectivity index is 1.44. The molecule has 0 saturated heterocycles. The summed E-state index contributed by atoms with van der Waals surface area (Å²) >= 11 is 0. The second-order valence-corrected chi connectivity index (χ2v) is 6.99. The molecule has 0 aliphatic carbocycles. The van der Waals surface area contributed by atoms with E-state index in [1.165, 1.54) is 18.2 Å². The van der Waals surface area contributed by atoms with Crippen LogP contribution < -0.4 is 5.32 Å². The lowest BCUT2D eigenvalue weighted by atomic mass is 10.2. The summed E-state index contributed by atoms with van der Waals surface area (Å²) in [6.07, 6.45) is 2.12. The Morgan fingerprint density at radius 1 is 1.19 bits per heavy atom. The van der Waals surface area contributed by atoms with Crippen molar-refractivity contribution in [2.45, 2.75) is 40.0 Å². The molecule has 4 rings (SSSR count). The first-order valence-electron chi connectivity index (χ1n) is 9.21. The second kappa shape index (κ2) is 7.36. The zero-order chi connectivity index (χ0) is 18.8. The quantitative estimate of drug-likeness (QED) is 0.752. The first-order valence-corrected chi connectivity index (χ1v) is 9.21. The van der Waals surface area contributed by atoms with Crippen molar-refractivity contribution < 1.29 is 4.79 Å². The molecule has 2 aromatic heterocycles. The minimum Gasteiger partial charge on any atom is -0.351 e. The predicted molar refractivity (Wildman–Crippen MR) is 102 cm³/mol. The minimum atomic E-state index is -0.0338. The molecule has 0 spiro atoms. The zero-order valence-corrected chi connectivity index (χ0v) is 15.7. The second-order valence-electron chi connectivity index (χ2n) is 6.99. The molecule has 0 fully saturated rings. The molecule has 1 N–H and O–H groups in total. The van der Waals surface area contributed by atoms with Crippen LogP contribution in [0.25, 0.3) is 5.69 Å². The molecule has 1 aliphatic heterocycles. The topological polar surface area (TPSA) is 68.0 Å². The summed E-state index contributed by atoms with van der Waals surface area (Å²) in [5, 5.41) is 12.1. The molecule has 1 amide bonds. The molecule has 0 saturated carbocycles. The highest BCUT2D eigenvalue weighted by atomic mass is 16.1. The molecule has 0 bridgehead atoms. The van der Waals surface area contributed by atoms with Gasteiger partial charge in [-0.3, -0.25) is 14.4 Å². The van der Waals surface area contributed by atoms with Crippen molar-refractivity contribution in [3.05, 3.63) is 65.2 Å². The molecule has 27 heavy (non-hydrogen) atoms. The lowest BCUT2D eigenvalue weighted by Gasteiger charge is -2.27. The maximum atomic E-state index is 11.1. The molecule has 140 valence electrons. The molecular formula is C20H24N6O. The van der Waals surface area contributed by atoms with E-state index in [0.717, 1.165) is 43.3 Å². The summed E-state index contributed by atoms with van der Waals surface area (Å²) in [6, 6.07) is 12.3. The van der Waals surface area contributed by atoms with E-state index in [0.29, 0.717) is 6.54 Å². The summed E-state index contributed by atoms with van der Waals surface area (Å²) < 4.78 is 4.00. The van der Waals surface area contributed by atoms with Crippen LogP contribution in [0, 0.1) is 6.92 Å². The maximum Gasteiger partial charge on any atom is 0.217 e. The molecule has 7 heteroatoms. The van der Waals surface area contributed by atoms with Gasteiger partial charge < -0.3 is 5.32 Å². The number of fused-ring (bicyclic) bond motifs is 1. The number of benzene rings is 1. The van der Waals surface area contributed by atoms with Gasteiger partial charge in [0.25, 0.3) is 0 Å². The first-order chi connectivity index (χ1) is 13.1. The van der Waals surface area contributed by atoms with Gasteiger partial charge in [-0.25, -0.2) is 4.68 Å². The van der Waals surface area contributed by atoms with Crippen LogP contribution in [0.5, 0.6) is 0 Å². The minimum absolute atomic E-state index is 0.0338. The highest BCUT2D eigenvalue weighted by Crippen LogP contribution is 2.19. The Kier molecular flexibility index (Phi) is 4.77. The molecule has 3 heterocycles. The van der Waals surface area contributed by atoms with Crippen LogP contribution in [0.1, 0.15) is 29.6 Å². The largest absolute Gasteiger partial charge is 0.351 e. The van der Waals surface area contributed by atoms with Crippen LogP contribution in [0.15, 0.2) is 42.6 Å². The van der Waals surface area contributed by atoms with Gasteiger partial charge in [-0.1, -0.05) is 18.2 Å². The number of aromatic nitrogens is 4. The highest BCUT2D eigenvalue weighted by molar-refractivity contribution is 5.72. The third-order valence-corrected chi connectivity index (χ3v) is 4.86. The standard InChI is InChI=1S/C20H24N6O/c1-15-17(13-26(22-15)19-6-4-3-5-7-19)12-24-8-9-25-20(14-24)10-18(23-25)11-21-16(2)27/h3-7,10,13H,8-9,11-12,14H2,1-2H3,(H,21,27). The van der Waals surface area contributed by atoms with E-state index in [9.17, 15) is 4.79 Å². The fourth-order valence-corrected chi connectivity index (χ4v) is 3.42. The maximum absolute atomic E-state index is 11.1. The summed E-state index contributed by atoms with van der Waals surface area (Å²) in [7, 11) is 0. The lowest BCUT2D eigenvalue weighted by molar-refractivity contribution is -0.119. The van der Waals surface area contributed by atoms with Gasteiger partial charge in [-0.2, -0.15) is 10.2 Å². The number of rotatable bonds is 5. The van der Waals surface area contributed by atoms with Crippen LogP contribution in [0.2, 0.25) is 0 Å². The summed E-state index contributed by atoms with van der Waals surface area (Å²) in [6.45, 7) is 7.60. The molecule has 7 nitrogen and oxygen atoms in total. The van der Waals surface area contributed by atoms with Crippen molar-refractivity contribution in [1.82, 2.24) is 29.8 Å². The van der Waals surface area contributed by atoms with Gasteiger partial charge in [0.05, 0.1) is 35.9 Å². The number of amides is 1. The van der Waals surface area contributed by atoms with Crippen molar-refractivity contribution in [1.29, 1.82) is 0 Å². The molecule has 0 unspecified atom stereocenters. The monoisotopic (exact) mass is 364 g/mol. The molecule has 0 atom stereocenters. The van der Waals surface area contributed by atoms with E-state index in [1.807, 2.05) is 27.6 Å². The Morgan fingerprint density at radius 2 is 2.00 bits per heavy atom. The van der Waals surface area contributed by atoms with Gasteiger partial charge in [0.2, 0.25) is 5.91 Å². The van der Waals surface area contributed by atoms with Gasteiger partial charge >= 0.3 is 0 Å². The fraction of sp³-hybridized carbons (Fsp3) is 0.350. The third-order valence-electron chi connectivity index (χ3n) is 4.86. The highest BCUT2D eigenvalue weighted by Gasteiger charge is 2.20. The number of nitrogens with zero attached hydrogens (tertiary/aromatic N) is 5. The van der Waals surface area contributed by atoms with Gasteiger partial charge in [-0.15, -0.1) is 0 Å². The average molecular weight is 364 g/mol. The van der Waals surface area contributed by atoms with Crippen LogP contribution in [0.3, 0.4) is 0 Å². The number of carbonyl (C=O) groups is 1. The summed E-state index contributed by atoms with van der Waals surface area (Å²) in [4.78, 5) is 13.5. The van der Waals surface area contributed by atoms with Crippen LogP contribution in [0.4, 0.5) is 0 Å². The van der Waals surface area contributed by atoms with Crippen molar-refractivity contribution in [2.75, 3.05) is 6.54 Å². The van der Waals surface area contributed by atoms with Crippen molar-refractivity contribution in [3.8, 4) is 5.69 Å². The van der Waals surface area contributed by atoms with E-state index in [2.05, 4.69) is 51.7 Å². The van der Waals surface area contributed by atoms with Crippen molar-refractivity contribution >= 4 is 5.91 Å². The normalized spacial score (nSPS) is 14.1. The predicted octanol–water partition coefficient (Wildman–Crippen LogP) is 2.03. The number of para-hydroxylation sites is 1. The number of aryl methyl sites for hydroxylation is 1. The number of hydrogen-bond donors (Lipinski definition) is 1. The van der Waals surface area contributed by atoms with E-state index in [4.69, 9.17) is 0 Å². The Labute approximate surface area is 158 Å². The van der Waals surface area contributed by atoms with Gasteiger partial charge in [-0.05, 0) is 25.1 Å². The SMILES string of the molecule is CC(=O)NCc1cc2n(n1)CCN(Cc1cn(-c3ccccc3)nc1C)C2. The van der Waals surface area contributed by atoms with E-state index in [1.54, 1.807) is 0 Å². The van der Waals surface area contributed by atoms with Gasteiger partial charge in [0.15, 0.2) is 0 Å². The Bertz CT molecular complexity index is 943. The van der Waals surface area contributed by atoms with Crippen LogP contribution in [-0.4, -0.2) is 36.9 Å². The summed E-state index contributed by atoms with van der Waals surface area (Å²) in [5.74, 6) is -0.0338. The molecule has 3 aromatic rings. The molecule has 0 radical (unpaired) electrons. The number of nitrogens with one attached hydrogen (secondary N) is 1. The summed E-state index contributed by atoms with van der Waals surface area (Å²) in [5.41, 5.74) is 5.48. The number of hydrogen-bond acceptors (Lipinski definition) is 4. The van der Waals surface area contributed by atoms with Crippen LogP contribution in [-0.2, 0) is 31.0 Å².